The second kappa shape index (κ2) is 10.1. The maximum Gasteiger partial charge on any atom is 0.341 e. The molecule has 25 heavy (non-hydrogen) atoms. The van der Waals surface area contributed by atoms with E-state index >= 15 is 0 Å². The fourth-order valence-electron chi connectivity index (χ4n) is 3.41. The van der Waals surface area contributed by atoms with Crippen molar-refractivity contribution in [1.29, 1.82) is 0 Å². The van der Waals surface area contributed by atoms with Crippen LogP contribution in [0.4, 0.5) is 0 Å². The molecule has 1 N–H and O–H groups in total. The molecule has 0 radical (unpaired) electrons. The molecule has 1 saturated carbocycles. The fourth-order valence-corrected chi connectivity index (χ4v) is 3.41. The minimum atomic E-state index is -0.998. The first-order chi connectivity index (χ1) is 12.0. The third-order valence-corrected chi connectivity index (χ3v) is 4.86. The zero-order valence-corrected chi connectivity index (χ0v) is 15.1. The highest BCUT2D eigenvalue weighted by molar-refractivity contribution is 5.75. The van der Waals surface area contributed by atoms with Crippen molar-refractivity contribution in [2.45, 2.75) is 57.9 Å². The highest BCUT2D eigenvalue weighted by Crippen LogP contribution is 2.27. The molecular formula is C20H29NO4. The second-order valence-corrected chi connectivity index (χ2v) is 6.97. The van der Waals surface area contributed by atoms with Crippen molar-refractivity contribution in [1.82, 2.24) is 4.90 Å². The van der Waals surface area contributed by atoms with Gasteiger partial charge in [0.15, 0.2) is 6.61 Å². The Balaban J connectivity index is 1.69. The van der Waals surface area contributed by atoms with E-state index in [1.165, 1.54) is 38.5 Å². The van der Waals surface area contributed by atoms with Crippen molar-refractivity contribution in [2.75, 3.05) is 13.7 Å². The Morgan fingerprint density at radius 2 is 1.84 bits per heavy atom. The highest BCUT2D eigenvalue weighted by Gasteiger charge is 2.15. The van der Waals surface area contributed by atoms with E-state index in [9.17, 15) is 9.59 Å². The maximum atomic E-state index is 12.3. The van der Waals surface area contributed by atoms with Crippen LogP contribution in [0.3, 0.4) is 0 Å². The quantitative estimate of drug-likeness (QED) is 0.736. The molecule has 0 unspecified atom stereocenters. The number of rotatable bonds is 9. The van der Waals surface area contributed by atoms with Crippen molar-refractivity contribution in [2.24, 2.45) is 5.92 Å². The van der Waals surface area contributed by atoms with Crippen LogP contribution in [0.2, 0.25) is 0 Å². The van der Waals surface area contributed by atoms with Crippen molar-refractivity contribution in [3.8, 4) is 5.75 Å². The van der Waals surface area contributed by atoms with E-state index in [0.29, 0.717) is 18.7 Å². The van der Waals surface area contributed by atoms with E-state index in [-0.39, 0.29) is 12.5 Å². The average Bonchev–Trinajstić information content (AvgIpc) is 2.62. The molecular weight excluding hydrogens is 318 g/mol. The number of amides is 1. The minimum absolute atomic E-state index is 0.182. The molecule has 0 atom stereocenters. The second-order valence-electron chi connectivity index (χ2n) is 6.97. The number of hydrogen-bond acceptors (Lipinski definition) is 3. The molecule has 1 aromatic rings. The maximum absolute atomic E-state index is 12.3. The Morgan fingerprint density at radius 3 is 2.48 bits per heavy atom. The third-order valence-electron chi connectivity index (χ3n) is 4.86. The first kappa shape index (κ1) is 19.3. The van der Waals surface area contributed by atoms with Gasteiger partial charge in [-0.2, -0.15) is 0 Å². The van der Waals surface area contributed by atoms with Crippen LogP contribution in [-0.2, 0) is 16.1 Å². The molecule has 0 bridgehead atoms. The minimum Gasteiger partial charge on any atom is -0.482 e. The number of carboxylic acids is 1. The molecule has 0 saturated heterocycles. The Morgan fingerprint density at radius 1 is 1.16 bits per heavy atom. The fraction of sp³-hybridized carbons (Fsp3) is 0.600. The van der Waals surface area contributed by atoms with Gasteiger partial charge in [-0.3, -0.25) is 4.79 Å². The Kier molecular flexibility index (Phi) is 7.76. The van der Waals surface area contributed by atoms with Crippen molar-refractivity contribution >= 4 is 11.9 Å². The van der Waals surface area contributed by atoms with Gasteiger partial charge in [-0.05, 0) is 36.5 Å². The van der Waals surface area contributed by atoms with Gasteiger partial charge < -0.3 is 14.7 Å². The summed E-state index contributed by atoms with van der Waals surface area (Å²) in [5.74, 6) is 0.530. The van der Waals surface area contributed by atoms with Gasteiger partial charge in [0.1, 0.15) is 5.75 Å². The van der Waals surface area contributed by atoms with Crippen LogP contribution in [0.25, 0.3) is 0 Å². The van der Waals surface area contributed by atoms with E-state index in [0.717, 1.165) is 17.9 Å². The zero-order valence-electron chi connectivity index (χ0n) is 15.1. The smallest absolute Gasteiger partial charge is 0.341 e. The van der Waals surface area contributed by atoms with Gasteiger partial charge >= 0.3 is 5.97 Å². The molecule has 0 heterocycles. The number of carbonyl (C=O) groups excluding carboxylic acids is 1. The van der Waals surface area contributed by atoms with Gasteiger partial charge in [0, 0.05) is 20.0 Å². The number of ether oxygens (including phenoxy) is 1. The Bertz CT molecular complexity index is 549. The lowest BCUT2D eigenvalue weighted by atomic mass is 9.86. The summed E-state index contributed by atoms with van der Waals surface area (Å²) in [7, 11) is 1.83. The Labute approximate surface area is 150 Å². The molecule has 5 nitrogen and oxygen atoms in total. The number of aliphatic carboxylic acids is 1. The average molecular weight is 347 g/mol. The summed E-state index contributed by atoms with van der Waals surface area (Å²) in [5.41, 5.74) is 1.01. The molecule has 0 aliphatic heterocycles. The van der Waals surface area contributed by atoms with Gasteiger partial charge in [-0.15, -0.1) is 0 Å². The number of carboxylic acid groups (broad SMARTS) is 1. The summed E-state index contributed by atoms with van der Waals surface area (Å²) >= 11 is 0. The first-order valence-corrected chi connectivity index (χ1v) is 9.22. The summed E-state index contributed by atoms with van der Waals surface area (Å²) < 4.78 is 5.11. The van der Waals surface area contributed by atoms with E-state index in [1.54, 1.807) is 17.0 Å². The largest absolute Gasteiger partial charge is 0.482 e. The summed E-state index contributed by atoms with van der Waals surface area (Å²) in [6, 6.07) is 7.20. The molecule has 0 aromatic heterocycles. The SMILES string of the molecule is CN(Cc1ccc(OCC(=O)O)cc1)C(=O)CCCC1CCCCC1. The van der Waals surface area contributed by atoms with Crippen LogP contribution in [0.15, 0.2) is 24.3 Å². The predicted octanol–water partition coefficient (Wildman–Crippen LogP) is 3.86. The topological polar surface area (TPSA) is 66.8 Å². The van der Waals surface area contributed by atoms with Crippen LogP contribution < -0.4 is 4.74 Å². The molecule has 2 rings (SSSR count). The van der Waals surface area contributed by atoms with Crippen LogP contribution in [-0.4, -0.2) is 35.5 Å². The van der Waals surface area contributed by atoms with Gasteiger partial charge in [0.05, 0.1) is 0 Å². The lowest BCUT2D eigenvalue weighted by Gasteiger charge is -2.22. The predicted molar refractivity (Wildman–Crippen MR) is 96.5 cm³/mol. The molecule has 0 spiro atoms. The van der Waals surface area contributed by atoms with Crippen molar-refractivity contribution in [3.05, 3.63) is 29.8 Å². The standard InChI is InChI=1S/C20H29NO4/c1-21(19(22)9-5-8-16-6-3-2-4-7-16)14-17-10-12-18(13-11-17)25-15-20(23)24/h10-13,16H,2-9,14-15H2,1H3,(H,23,24). The zero-order chi connectivity index (χ0) is 18.1. The molecule has 1 fully saturated rings. The van der Waals surface area contributed by atoms with Gasteiger partial charge in [-0.1, -0.05) is 44.2 Å². The van der Waals surface area contributed by atoms with Gasteiger partial charge in [-0.25, -0.2) is 4.79 Å². The number of nitrogens with zero attached hydrogens (tertiary/aromatic N) is 1. The molecule has 1 amide bonds. The summed E-state index contributed by atoms with van der Waals surface area (Å²) in [4.78, 5) is 24.5. The Hall–Kier alpha value is -2.04. The number of benzene rings is 1. The van der Waals surface area contributed by atoms with E-state index < -0.39 is 5.97 Å². The van der Waals surface area contributed by atoms with Crippen molar-refractivity contribution in [3.63, 3.8) is 0 Å². The van der Waals surface area contributed by atoms with E-state index in [2.05, 4.69) is 0 Å². The molecule has 138 valence electrons. The van der Waals surface area contributed by atoms with Gasteiger partial charge in [0.2, 0.25) is 5.91 Å². The summed E-state index contributed by atoms with van der Waals surface area (Å²) in [5, 5.41) is 8.59. The monoisotopic (exact) mass is 347 g/mol. The lowest BCUT2D eigenvalue weighted by molar-refractivity contribution is -0.139. The first-order valence-electron chi connectivity index (χ1n) is 9.22. The third kappa shape index (κ3) is 7.16. The molecule has 1 aliphatic carbocycles. The van der Waals surface area contributed by atoms with E-state index in [1.807, 2.05) is 19.2 Å². The number of hydrogen-bond donors (Lipinski definition) is 1. The number of carbonyl (C=O) groups is 2. The van der Waals surface area contributed by atoms with E-state index in [4.69, 9.17) is 9.84 Å². The van der Waals surface area contributed by atoms with Crippen LogP contribution in [0, 0.1) is 5.92 Å². The highest BCUT2D eigenvalue weighted by atomic mass is 16.5. The summed E-state index contributed by atoms with van der Waals surface area (Å²) in [6.45, 7) is 0.209. The lowest BCUT2D eigenvalue weighted by Crippen LogP contribution is -2.26. The van der Waals surface area contributed by atoms with Gasteiger partial charge in [0.25, 0.3) is 0 Å². The van der Waals surface area contributed by atoms with Crippen LogP contribution >= 0.6 is 0 Å². The molecule has 1 aromatic carbocycles. The van der Waals surface area contributed by atoms with Crippen LogP contribution in [0.1, 0.15) is 56.9 Å². The summed E-state index contributed by atoms with van der Waals surface area (Å²) in [6.07, 6.45) is 9.52. The molecule has 5 heteroatoms. The van der Waals surface area contributed by atoms with Crippen molar-refractivity contribution < 1.29 is 19.4 Å². The molecule has 1 aliphatic rings. The van der Waals surface area contributed by atoms with Crippen LogP contribution in [0.5, 0.6) is 5.75 Å². The normalized spacial score (nSPS) is 14.9.